The Kier molecular flexibility index (Phi) is 10.2. The van der Waals surface area contributed by atoms with Gasteiger partial charge in [-0.3, -0.25) is 14.4 Å². The van der Waals surface area contributed by atoms with Crippen LogP contribution in [-0.4, -0.2) is 66.5 Å². The lowest BCUT2D eigenvalue weighted by Crippen LogP contribution is -2.62. The van der Waals surface area contributed by atoms with Gasteiger partial charge in [0.25, 0.3) is 0 Å². The van der Waals surface area contributed by atoms with Crippen LogP contribution in [0.25, 0.3) is 0 Å². The Morgan fingerprint density at radius 1 is 0.977 bits per heavy atom. The van der Waals surface area contributed by atoms with Crippen LogP contribution in [0.4, 0.5) is 0 Å². The molecule has 1 aliphatic heterocycles. The fourth-order valence-corrected chi connectivity index (χ4v) is 7.54. The van der Waals surface area contributed by atoms with E-state index in [1.807, 2.05) is 36.2 Å². The van der Waals surface area contributed by atoms with Gasteiger partial charge in [-0.15, -0.1) is 0 Å². The summed E-state index contributed by atoms with van der Waals surface area (Å²) in [5.41, 5.74) is 2.14. The van der Waals surface area contributed by atoms with Crippen LogP contribution in [-0.2, 0) is 31.0 Å². The molecule has 2 aromatic carbocycles. The van der Waals surface area contributed by atoms with Crippen molar-refractivity contribution in [2.45, 2.75) is 95.6 Å². The highest BCUT2D eigenvalue weighted by molar-refractivity contribution is 5.76. The number of unbranched alkanes of at least 4 members (excludes halogenated alkanes) is 2. The van der Waals surface area contributed by atoms with E-state index in [4.69, 9.17) is 9.47 Å². The van der Waals surface area contributed by atoms with Gasteiger partial charge in [0.2, 0.25) is 5.91 Å². The fourth-order valence-electron chi connectivity index (χ4n) is 7.54. The molecule has 1 heterocycles. The van der Waals surface area contributed by atoms with E-state index in [1.54, 1.807) is 0 Å². The lowest BCUT2D eigenvalue weighted by atomic mass is 9.56. The monoisotopic (exact) mass is 588 g/mol. The van der Waals surface area contributed by atoms with Crippen molar-refractivity contribution < 1.29 is 23.9 Å². The van der Waals surface area contributed by atoms with E-state index in [2.05, 4.69) is 35.2 Å². The van der Waals surface area contributed by atoms with Gasteiger partial charge in [0.05, 0.1) is 0 Å². The molecule has 232 valence electrons. The number of esters is 2. The third-order valence-electron chi connectivity index (χ3n) is 9.93. The number of likely N-dealkylation sites (tertiary alicyclic amines) is 1. The normalized spacial score (nSPS) is 25.4. The van der Waals surface area contributed by atoms with Crippen LogP contribution in [0.2, 0.25) is 0 Å². The number of hydrogen-bond donors (Lipinski definition) is 0. The van der Waals surface area contributed by atoms with Gasteiger partial charge in [0.15, 0.2) is 0 Å². The largest absolute Gasteiger partial charge is 0.462 e. The molecule has 2 saturated carbocycles. The Morgan fingerprint density at radius 2 is 1.77 bits per heavy atom. The lowest BCUT2D eigenvalue weighted by molar-refractivity contribution is -0.160. The van der Waals surface area contributed by atoms with Gasteiger partial charge in [-0.25, -0.2) is 0 Å². The second-order valence-electron chi connectivity index (χ2n) is 13.1. The molecule has 2 aliphatic carbocycles. The van der Waals surface area contributed by atoms with Crippen LogP contribution in [0.1, 0.15) is 82.8 Å². The molecule has 0 N–H and O–H groups in total. The number of hydrogen-bond acceptors (Lipinski definition) is 6. The minimum atomic E-state index is -0.348. The first-order valence-electron chi connectivity index (χ1n) is 16.2. The van der Waals surface area contributed by atoms with Crippen molar-refractivity contribution in [1.29, 1.82) is 0 Å². The number of aryl methyl sites for hydroxylation is 1. The minimum absolute atomic E-state index is 0.0511. The van der Waals surface area contributed by atoms with Crippen molar-refractivity contribution in [3.05, 3.63) is 65.7 Å². The van der Waals surface area contributed by atoms with Gasteiger partial charge in [-0.1, -0.05) is 48.9 Å². The molecule has 4 atom stereocenters. The van der Waals surface area contributed by atoms with Gasteiger partial charge >= 0.3 is 11.9 Å². The highest BCUT2D eigenvalue weighted by Gasteiger charge is 2.54. The number of fused-ring (bicyclic) bond motifs is 1. The van der Waals surface area contributed by atoms with E-state index >= 15 is 0 Å². The summed E-state index contributed by atoms with van der Waals surface area (Å²) in [6.07, 6.45) is 9.15. The molecule has 0 radical (unpaired) electrons. The van der Waals surface area contributed by atoms with Gasteiger partial charge in [0.1, 0.15) is 11.9 Å². The van der Waals surface area contributed by atoms with Crippen molar-refractivity contribution in [3.63, 3.8) is 0 Å². The quantitative estimate of drug-likeness (QED) is 0.174. The molecule has 0 bridgehead atoms. The predicted octanol–water partition coefficient (Wildman–Crippen LogP) is 5.94. The summed E-state index contributed by atoms with van der Waals surface area (Å²) in [6.45, 7) is 5.82. The fraction of sp³-hybridized carbons (Fsp3) is 0.583. The molecule has 3 aliphatic rings. The number of piperidine rings is 1. The summed E-state index contributed by atoms with van der Waals surface area (Å²) < 4.78 is 11.6. The van der Waals surface area contributed by atoms with E-state index in [1.165, 1.54) is 32.3 Å². The van der Waals surface area contributed by atoms with E-state index in [-0.39, 0.29) is 41.3 Å². The summed E-state index contributed by atoms with van der Waals surface area (Å²) in [5.74, 6) is 0.928. The maximum absolute atomic E-state index is 13.5. The van der Waals surface area contributed by atoms with Crippen LogP contribution < -0.4 is 4.74 Å². The molecule has 0 spiro atoms. The molecule has 3 fully saturated rings. The molecule has 1 amide bonds. The maximum Gasteiger partial charge on any atom is 0.308 e. The summed E-state index contributed by atoms with van der Waals surface area (Å²) >= 11 is 0. The van der Waals surface area contributed by atoms with Crippen molar-refractivity contribution >= 4 is 17.8 Å². The predicted molar refractivity (Wildman–Crippen MR) is 167 cm³/mol. The van der Waals surface area contributed by atoms with E-state index in [9.17, 15) is 14.4 Å². The minimum Gasteiger partial charge on any atom is -0.462 e. The Balaban J connectivity index is 1.33. The molecule has 43 heavy (non-hydrogen) atoms. The maximum atomic E-state index is 13.5. The first-order valence-corrected chi connectivity index (χ1v) is 16.2. The van der Waals surface area contributed by atoms with Crippen molar-refractivity contribution in [1.82, 2.24) is 9.80 Å². The highest BCUT2D eigenvalue weighted by Crippen LogP contribution is 2.52. The highest BCUT2D eigenvalue weighted by atomic mass is 16.5. The Bertz CT molecular complexity index is 1260. The topological polar surface area (TPSA) is 76.2 Å². The first kappa shape index (κ1) is 31.2. The van der Waals surface area contributed by atoms with Crippen LogP contribution in [0, 0.1) is 11.8 Å². The van der Waals surface area contributed by atoms with Gasteiger partial charge in [0, 0.05) is 64.2 Å². The molecule has 7 nitrogen and oxygen atoms in total. The molecule has 1 saturated heterocycles. The number of carbonyl (C=O) groups excluding carboxylic acids is 3. The van der Waals surface area contributed by atoms with Gasteiger partial charge in [-0.2, -0.15) is 0 Å². The molecule has 2 aromatic rings. The second-order valence-corrected chi connectivity index (χ2v) is 13.1. The molecule has 5 rings (SSSR count). The number of benzene rings is 2. The Morgan fingerprint density at radius 3 is 2.49 bits per heavy atom. The number of carbonyl (C=O) groups is 3. The standard InChI is InChI=1S/C36H48N2O5/c1-26(39)42-32-15-10-14-30(21-32)36-19-20-38(24-29-17-18-29)25-33(36)34(43-27(2)40)22-31(23-36)37(3)35(41)16-9-5-8-13-28-11-6-4-7-12-28/h4,6-7,10-12,14-15,21,29,31,33-34H,5,8-9,13,16-20,22-25H2,1-3H3/t31-,33+,34?,36+/m1/s1. The first-order chi connectivity index (χ1) is 20.7. The number of nitrogens with zero attached hydrogens (tertiary/aromatic N) is 2. The summed E-state index contributed by atoms with van der Waals surface area (Å²) in [5, 5.41) is 0. The Labute approximate surface area is 256 Å². The van der Waals surface area contributed by atoms with Crippen molar-refractivity contribution in [2.24, 2.45) is 11.8 Å². The van der Waals surface area contributed by atoms with E-state index < -0.39 is 0 Å². The zero-order valence-electron chi connectivity index (χ0n) is 26.1. The molecule has 7 heteroatoms. The second kappa shape index (κ2) is 14.1. The average molecular weight is 589 g/mol. The van der Waals surface area contributed by atoms with Crippen molar-refractivity contribution in [3.8, 4) is 5.75 Å². The molecule has 0 aromatic heterocycles. The molecular formula is C36H48N2O5. The number of ether oxygens (including phenoxy) is 2. The van der Waals surface area contributed by atoms with Crippen LogP contribution in [0.15, 0.2) is 54.6 Å². The number of amides is 1. The lowest BCUT2D eigenvalue weighted by Gasteiger charge is -2.56. The third kappa shape index (κ3) is 8.05. The summed E-state index contributed by atoms with van der Waals surface area (Å²) in [4.78, 5) is 42.2. The molecular weight excluding hydrogens is 540 g/mol. The summed E-state index contributed by atoms with van der Waals surface area (Å²) in [6, 6.07) is 18.3. The Hall–Kier alpha value is -3.19. The SMILES string of the molecule is CC(=O)Oc1cccc([C@@]23CCN(CC4CC4)C[C@H]2C(OC(C)=O)C[C@@H](N(C)C(=O)CCCCCc2ccccc2)C3)c1. The van der Waals surface area contributed by atoms with Gasteiger partial charge in [-0.05, 0) is 80.7 Å². The smallest absolute Gasteiger partial charge is 0.308 e. The van der Waals surface area contributed by atoms with E-state index in [0.29, 0.717) is 18.6 Å². The zero-order chi connectivity index (χ0) is 30.4. The third-order valence-corrected chi connectivity index (χ3v) is 9.93. The van der Waals surface area contributed by atoms with Crippen molar-refractivity contribution in [2.75, 3.05) is 26.7 Å². The summed E-state index contributed by atoms with van der Waals surface area (Å²) in [7, 11) is 1.92. The molecule has 1 unspecified atom stereocenters. The van der Waals surface area contributed by atoms with Gasteiger partial charge < -0.3 is 19.3 Å². The zero-order valence-corrected chi connectivity index (χ0v) is 26.1. The average Bonchev–Trinajstić information content (AvgIpc) is 3.81. The van der Waals surface area contributed by atoms with Crippen LogP contribution in [0.5, 0.6) is 5.75 Å². The van der Waals surface area contributed by atoms with Crippen LogP contribution in [0.3, 0.4) is 0 Å². The number of rotatable bonds is 12. The van der Waals surface area contributed by atoms with E-state index in [0.717, 1.165) is 69.6 Å². The van der Waals surface area contributed by atoms with Crippen LogP contribution >= 0.6 is 0 Å².